The van der Waals surface area contributed by atoms with Gasteiger partial charge in [0.25, 0.3) is 5.91 Å². The maximum Gasteiger partial charge on any atom is 0.252 e. The van der Waals surface area contributed by atoms with E-state index >= 15 is 0 Å². The highest BCUT2D eigenvalue weighted by atomic mass is 35.5. The van der Waals surface area contributed by atoms with E-state index in [1.165, 1.54) is 5.56 Å². The molecule has 150 valence electrons. The molecule has 0 spiro atoms. The van der Waals surface area contributed by atoms with Gasteiger partial charge in [-0.2, -0.15) is 0 Å². The van der Waals surface area contributed by atoms with Gasteiger partial charge < -0.3 is 5.32 Å². The number of rotatable bonds is 4. The van der Waals surface area contributed by atoms with Crippen molar-refractivity contribution in [1.82, 2.24) is 15.3 Å². The van der Waals surface area contributed by atoms with E-state index in [9.17, 15) is 4.79 Å². The molecule has 4 aromatic rings. The van der Waals surface area contributed by atoms with Crippen molar-refractivity contribution < 1.29 is 4.79 Å². The summed E-state index contributed by atoms with van der Waals surface area (Å²) in [6.45, 7) is 2.47. The van der Waals surface area contributed by atoms with E-state index in [1.807, 2.05) is 35.7 Å². The van der Waals surface area contributed by atoms with Gasteiger partial charge in [0.15, 0.2) is 0 Å². The Balaban J connectivity index is 1.43. The van der Waals surface area contributed by atoms with Crippen LogP contribution in [0.25, 0.3) is 21.5 Å². The molecule has 2 aromatic heterocycles. The van der Waals surface area contributed by atoms with Crippen molar-refractivity contribution >= 4 is 39.7 Å². The lowest BCUT2D eigenvalue weighted by molar-refractivity contribution is 0.0951. The Morgan fingerprint density at radius 1 is 1.17 bits per heavy atom. The van der Waals surface area contributed by atoms with E-state index in [2.05, 4.69) is 24.4 Å². The molecule has 1 aliphatic carbocycles. The fourth-order valence-electron chi connectivity index (χ4n) is 4.08. The van der Waals surface area contributed by atoms with Gasteiger partial charge in [0.2, 0.25) is 0 Å². The zero-order chi connectivity index (χ0) is 20.7. The van der Waals surface area contributed by atoms with Crippen LogP contribution in [-0.2, 0) is 19.4 Å². The number of nitrogens with zero attached hydrogens (tertiary/aromatic N) is 2. The highest BCUT2D eigenvalue weighted by Crippen LogP contribution is 2.32. The predicted molar refractivity (Wildman–Crippen MR) is 122 cm³/mol. The third kappa shape index (κ3) is 3.48. The number of thiazole rings is 1. The molecule has 0 saturated carbocycles. The van der Waals surface area contributed by atoms with Gasteiger partial charge in [-0.25, -0.2) is 4.98 Å². The number of carbonyl (C=O) groups is 1. The molecule has 5 rings (SSSR count). The average molecular weight is 434 g/mol. The molecule has 0 fully saturated rings. The molecule has 2 aromatic carbocycles. The van der Waals surface area contributed by atoms with Crippen LogP contribution in [0, 0.1) is 6.92 Å². The van der Waals surface area contributed by atoms with Crippen LogP contribution < -0.4 is 5.32 Å². The smallest absolute Gasteiger partial charge is 0.252 e. The summed E-state index contributed by atoms with van der Waals surface area (Å²) in [5.74, 6) is -0.0896. The lowest BCUT2D eigenvalue weighted by atomic mass is 10.0. The summed E-state index contributed by atoms with van der Waals surface area (Å²) in [7, 11) is 0. The Kier molecular flexibility index (Phi) is 5.01. The summed E-state index contributed by atoms with van der Waals surface area (Å²) < 4.78 is 0. The van der Waals surface area contributed by atoms with Gasteiger partial charge in [-0.1, -0.05) is 35.9 Å². The largest absolute Gasteiger partial charge is 0.346 e. The number of halogens is 1. The van der Waals surface area contributed by atoms with Gasteiger partial charge in [-0.3, -0.25) is 9.78 Å². The van der Waals surface area contributed by atoms with Crippen LogP contribution in [0.15, 0.2) is 47.8 Å². The van der Waals surface area contributed by atoms with Gasteiger partial charge >= 0.3 is 0 Å². The molecule has 0 unspecified atom stereocenters. The van der Waals surface area contributed by atoms with Crippen molar-refractivity contribution in [3.63, 3.8) is 0 Å². The second kappa shape index (κ2) is 7.82. The summed E-state index contributed by atoms with van der Waals surface area (Å²) >= 11 is 7.82. The van der Waals surface area contributed by atoms with Crippen molar-refractivity contribution in [1.29, 1.82) is 0 Å². The fraction of sp³-hybridized carbons (Fsp3) is 0.208. The Morgan fingerprint density at radius 3 is 2.90 bits per heavy atom. The standard InChI is InChI=1S/C24H20ClN3OS/c1-14-5-2-3-6-17(14)24-27-16(13-30-24)12-26-23(29)22-18-7-4-8-20(18)28-21-10-9-15(25)11-19(21)22/h2-3,5-6,9-11,13H,4,7-8,12H2,1H3,(H,26,29). The third-order valence-corrected chi connectivity index (χ3v) is 6.72. The SMILES string of the molecule is Cc1ccccc1-c1nc(CNC(=O)c2c3c(nc4ccc(Cl)cc24)CCC3)cs1. The molecule has 0 bridgehead atoms. The van der Waals surface area contributed by atoms with Gasteiger partial charge in [0.05, 0.1) is 23.3 Å². The highest BCUT2D eigenvalue weighted by Gasteiger charge is 2.24. The summed E-state index contributed by atoms with van der Waals surface area (Å²) in [4.78, 5) is 22.7. The second-order valence-electron chi connectivity index (χ2n) is 7.57. The molecule has 0 atom stereocenters. The number of pyridine rings is 1. The van der Waals surface area contributed by atoms with E-state index in [-0.39, 0.29) is 5.91 Å². The minimum absolute atomic E-state index is 0.0896. The molecule has 30 heavy (non-hydrogen) atoms. The number of hydrogen-bond donors (Lipinski definition) is 1. The molecule has 1 aliphatic rings. The minimum Gasteiger partial charge on any atom is -0.346 e. The normalized spacial score (nSPS) is 12.9. The molecule has 6 heteroatoms. The van der Waals surface area contributed by atoms with Crippen molar-refractivity contribution in [3.05, 3.63) is 80.9 Å². The number of fused-ring (bicyclic) bond motifs is 2. The molecule has 1 N–H and O–H groups in total. The maximum absolute atomic E-state index is 13.2. The van der Waals surface area contributed by atoms with Gasteiger partial charge in [-0.15, -0.1) is 11.3 Å². The van der Waals surface area contributed by atoms with Crippen molar-refractivity contribution in [2.75, 3.05) is 0 Å². The van der Waals surface area contributed by atoms with Crippen LogP contribution in [0.4, 0.5) is 0 Å². The third-order valence-electron chi connectivity index (χ3n) is 5.56. The number of carbonyl (C=O) groups excluding carboxylic acids is 1. The molecule has 2 heterocycles. The zero-order valence-corrected chi connectivity index (χ0v) is 18.1. The van der Waals surface area contributed by atoms with E-state index < -0.39 is 0 Å². The number of amides is 1. The summed E-state index contributed by atoms with van der Waals surface area (Å²) in [6.07, 6.45) is 2.82. The first-order chi connectivity index (χ1) is 14.6. The van der Waals surface area contributed by atoms with Crippen LogP contribution in [0.1, 0.15) is 39.3 Å². The van der Waals surface area contributed by atoms with Crippen molar-refractivity contribution in [3.8, 4) is 10.6 Å². The van der Waals surface area contributed by atoms with Gasteiger partial charge in [0, 0.05) is 27.0 Å². The first-order valence-electron chi connectivity index (χ1n) is 10.00. The number of hydrogen-bond acceptors (Lipinski definition) is 4. The van der Waals surface area contributed by atoms with E-state index in [0.29, 0.717) is 17.1 Å². The molecule has 0 radical (unpaired) electrons. The summed E-state index contributed by atoms with van der Waals surface area (Å²) in [5.41, 5.74) is 6.81. The molecular formula is C24H20ClN3OS. The molecular weight excluding hydrogens is 414 g/mol. The Morgan fingerprint density at radius 2 is 2.03 bits per heavy atom. The average Bonchev–Trinajstić information content (AvgIpc) is 3.40. The number of benzene rings is 2. The van der Waals surface area contributed by atoms with Crippen LogP contribution >= 0.6 is 22.9 Å². The molecule has 1 amide bonds. The quantitative estimate of drug-likeness (QED) is 0.446. The van der Waals surface area contributed by atoms with E-state index in [4.69, 9.17) is 21.6 Å². The topological polar surface area (TPSA) is 54.9 Å². The van der Waals surface area contributed by atoms with Crippen molar-refractivity contribution in [2.24, 2.45) is 0 Å². The van der Waals surface area contributed by atoms with Crippen LogP contribution in [0.3, 0.4) is 0 Å². The van der Waals surface area contributed by atoms with Gasteiger partial charge in [-0.05, 0) is 55.5 Å². The maximum atomic E-state index is 13.2. The van der Waals surface area contributed by atoms with Crippen molar-refractivity contribution in [2.45, 2.75) is 32.7 Å². The first-order valence-corrected chi connectivity index (χ1v) is 11.3. The fourth-order valence-corrected chi connectivity index (χ4v) is 5.16. The first kappa shape index (κ1) is 19.2. The molecule has 0 aliphatic heterocycles. The predicted octanol–water partition coefficient (Wildman–Crippen LogP) is 5.74. The lowest BCUT2D eigenvalue weighted by Crippen LogP contribution is -2.25. The number of nitrogens with one attached hydrogen (secondary N) is 1. The van der Waals surface area contributed by atoms with E-state index in [1.54, 1.807) is 11.3 Å². The highest BCUT2D eigenvalue weighted by molar-refractivity contribution is 7.13. The summed E-state index contributed by atoms with van der Waals surface area (Å²) in [5, 5.41) is 7.48. The van der Waals surface area contributed by atoms with Crippen LogP contribution in [-0.4, -0.2) is 15.9 Å². The van der Waals surface area contributed by atoms with Gasteiger partial charge in [0.1, 0.15) is 5.01 Å². The Labute approximate surface area is 184 Å². The molecule has 0 saturated heterocycles. The summed E-state index contributed by atoms with van der Waals surface area (Å²) in [6, 6.07) is 13.8. The Hall–Kier alpha value is -2.76. The minimum atomic E-state index is -0.0896. The molecule has 4 nitrogen and oxygen atoms in total. The van der Waals surface area contributed by atoms with E-state index in [0.717, 1.165) is 57.7 Å². The Bertz CT molecular complexity index is 1280. The second-order valence-corrected chi connectivity index (χ2v) is 8.86. The van der Waals surface area contributed by atoms with Crippen LogP contribution in [0.2, 0.25) is 5.02 Å². The monoisotopic (exact) mass is 433 g/mol. The number of aryl methyl sites for hydroxylation is 2. The lowest BCUT2D eigenvalue weighted by Gasteiger charge is -2.12. The number of aromatic nitrogens is 2. The zero-order valence-electron chi connectivity index (χ0n) is 16.5. The van der Waals surface area contributed by atoms with Crippen LogP contribution in [0.5, 0.6) is 0 Å².